The van der Waals surface area contributed by atoms with Crippen molar-refractivity contribution in [3.05, 3.63) is 12.2 Å². The smallest absolute Gasteiger partial charge is 0.330 e. The van der Waals surface area contributed by atoms with Gasteiger partial charge < -0.3 is 14.2 Å². The summed E-state index contributed by atoms with van der Waals surface area (Å²) in [5.74, 6) is 0.211. The van der Waals surface area contributed by atoms with Gasteiger partial charge in [0.2, 0.25) is 0 Å². The molecule has 0 amide bonds. The van der Waals surface area contributed by atoms with Crippen LogP contribution in [0.25, 0.3) is 0 Å². The molecule has 4 nitrogen and oxygen atoms in total. The molecule has 3 atom stereocenters. The number of ether oxygens (including phenoxy) is 3. The lowest BCUT2D eigenvalue weighted by molar-refractivity contribution is -0.203. The van der Waals surface area contributed by atoms with Crippen LogP contribution in [0.4, 0.5) is 0 Å². The van der Waals surface area contributed by atoms with E-state index in [4.69, 9.17) is 14.2 Å². The van der Waals surface area contributed by atoms with Gasteiger partial charge in [0, 0.05) is 18.6 Å². The van der Waals surface area contributed by atoms with Crippen LogP contribution in [-0.2, 0) is 19.0 Å². The molecule has 0 aliphatic carbocycles. The second-order valence-electron chi connectivity index (χ2n) is 5.61. The van der Waals surface area contributed by atoms with Gasteiger partial charge in [0.05, 0.1) is 12.7 Å². The van der Waals surface area contributed by atoms with E-state index in [2.05, 4.69) is 20.8 Å². The molecular formula is C16H28O4. The number of hydrogen-bond acceptors (Lipinski definition) is 4. The highest BCUT2D eigenvalue weighted by Gasteiger charge is 2.25. The molecule has 1 aliphatic heterocycles. The van der Waals surface area contributed by atoms with Crippen LogP contribution in [0, 0.1) is 11.8 Å². The number of hydrogen-bond donors (Lipinski definition) is 0. The van der Waals surface area contributed by atoms with Crippen molar-refractivity contribution in [1.29, 1.82) is 0 Å². The fourth-order valence-corrected chi connectivity index (χ4v) is 2.41. The SMILES string of the molecule is CCOC(=O)/C=C/[C@@H](C)[C@H](OC1CCCCO1)C(C)C. The zero-order valence-electron chi connectivity index (χ0n) is 13.1. The average Bonchev–Trinajstić information content (AvgIpc) is 2.43. The van der Waals surface area contributed by atoms with E-state index in [0.29, 0.717) is 12.5 Å². The maximum Gasteiger partial charge on any atom is 0.330 e. The monoisotopic (exact) mass is 284 g/mol. The van der Waals surface area contributed by atoms with E-state index < -0.39 is 0 Å². The normalized spacial score (nSPS) is 22.9. The Balaban J connectivity index is 2.53. The molecule has 116 valence electrons. The molecule has 0 aromatic rings. The van der Waals surface area contributed by atoms with Crippen LogP contribution in [0.1, 0.15) is 47.0 Å². The summed E-state index contributed by atoms with van der Waals surface area (Å²) in [5, 5.41) is 0. The third-order valence-electron chi connectivity index (χ3n) is 3.44. The van der Waals surface area contributed by atoms with Crippen molar-refractivity contribution in [2.45, 2.75) is 59.4 Å². The fourth-order valence-electron chi connectivity index (χ4n) is 2.41. The predicted molar refractivity (Wildman–Crippen MR) is 78.2 cm³/mol. The van der Waals surface area contributed by atoms with E-state index in [1.54, 1.807) is 6.92 Å². The van der Waals surface area contributed by atoms with Crippen LogP contribution in [0.3, 0.4) is 0 Å². The van der Waals surface area contributed by atoms with Crippen molar-refractivity contribution in [2.75, 3.05) is 13.2 Å². The molecule has 0 aromatic heterocycles. The fraction of sp³-hybridized carbons (Fsp3) is 0.812. The van der Waals surface area contributed by atoms with Crippen LogP contribution in [0.5, 0.6) is 0 Å². The molecule has 1 aliphatic rings. The van der Waals surface area contributed by atoms with Crippen LogP contribution >= 0.6 is 0 Å². The van der Waals surface area contributed by atoms with E-state index in [1.165, 1.54) is 6.08 Å². The van der Waals surface area contributed by atoms with Gasteiger partial charge in [-0.05, 0) is 32.1 Å². The Morgan fingerprint density at radius 3 is 2.65 bits per heavy atom. The van der Waals surface area contributed by atoms with Crippen molar-refractivity contribution in [3.8, 4) is 0 Å². The molecule has 0 saturated carbocycles. The van der Waals surface area contributed by atoms with E-state index in [1.807, 2.05) is 6.08 Å². The van der Waals surface area contributed by atoms with E-state index >= 15 is 0 Å². The Kier molecular flexibility index (Phi) is 7.85. The lowest BCUT2D eigenvalue weighted by atomic mass is 9.94. The summed E-state index contributed by atoms with van der Waals surface area (Å²) in [7, 11) is 0. The molecule has 0 N–H and O–H groups in total. The molecule has 0 bridgehead atoms. The lowest BCUT2D eigenvalue weighted by Gasteiger charge is -2.32. The van der Waals surface area contributed by atoms with Gasteiger partial charge in [-0.1, -0.05) is 26.8 Å². The highest BCUT2D eigenvalue weighted by atomic mass is 16.7. The van der Waals surface area contributed by atoms with Gasteiger partial charge >= 0.3 is 5.97 Å². The van der Waals surface area contributed by atoms with Crippen molar-refractivity contribution >= 4 is 5.97 Å². The number of carbonyl (C=O) groups is 1. The first kappa shape index (κ1) is 17.2. The number of rotatable bonds is 7. The van der Waals surface area contributed by atoms with E-state index in [0.717, 1.165) is 25.9 Å². The van der Waals surface area contributed by atoms with Gasteiger partial charge in [-0.15, -0.1) is 0 Å². The van der Waals surface area contributed by atoms with Crippen molar-refractivity contribution < 1.29 is 19.0 Å². The average molecular weight is 284 g/mol. The van der Waals surface area contributed by atoms with Gasteiger partial charge in [-0.25, -0.2) is 4.79 Å². The van der Waals surface area contributed by atoms with Crippen molar-refractivity contribution in [1.82, 2.24) is 0 Å². The molecule has 20 heavy (non-hydrogen) atoms. The van der Waals surface area contributed by atoms with Gasteiger partial charge in [-0.2, -0.15) is 0 Å². The van der Waals surface area contributed by atoms with Gasteiger partial charge in [-0.3, -0.25) is 0 Å². The summed E-state index contributed by atoms with van der Waals surface area (Å²) in [4.78, 5) is 11.4. The molecule has 0 aromatic carbocycles. The molecule has 1 fully saturated rings. The van der Waals surface area contributed by atoms with Crippen LogP contribution in [0.15, 0.2) is 12.2 Å². The molecule has 4 heteroatoms. The predicted octanol–water partition coefficient (Wildman–Crippen LogP) is 3.31. The first-order valence-corrected chi connectivity index (χ1v) is 7.66. The zero-order valence-corrected chi connectivity index (χ0v) is 13.1. The minimum atomic E-state index is -0.296. The maximum absolute atomic E-state index is 11.4. The lowest BCUT2D eigenvalue weighted by Crippen LogP contribution is -2.34. The molecular weight excluding hydrogens is 256 g/mol. The largest absolute Gasteiger partial charge is 0.463 e. The van der Waals surface area contributed by atoms with Gasteiger partial charge in [0.1, 0.15) is 0 Å². The van der Waals surface area contributed by atoms with Crippen LogP contribution < -0.4 is 0 Å². The standard InChI is InChI=1S/C16H28O4/c1-5-18-14(17)10-9-13(4)16(12(2)3)20-15-8-6-7-11-19-15/h9-10,12-13,15-16H,5-8,11H2,1-4H3/b10-9+/t13-,15?,16-/m1/s1. The molecule has 1 rings (SSSR count). The summed E-state index contributed by atoms with van der Waals surface area (Å²) in [6.45, 7) is 9.29. The minimum Gasteiger partial charge on any atom is -0.463 e. The first-order chi connectivity index (χ1) is 9.54. The Morgan fingerprint density at radius 2 is 2.10 bits per heavy atom. The molecule has 1 heterocycles. The number of carbonyl (C=O) groups excluding carboxylic acids is 1. The van der Waals surface area contributed by atoms with Gasteiger partial charge in [0.15, 0.2) is 6.29 Å². The maximum atomic E-state index is 11.4. The highest BCUT2D eigenvalue weighted by Crippen LogP contribution is 2.24. The summed E-state index contributed by atoms with van der Waals surface area (Å²) in [5.41, 5.74) is 0. The Hall–Kier alpha value is -0.870. The minimum absolute atomic E-state index is 0.0452. The quantitative estimate of drug-likeness (QED) is 0.531. The summed E-state index contributed by atoms with van der Waals surface area (Å²) >= 11 is 0. The van der Waals surface area contributed by atoms with Crippen LogP contribution in [-0.4, -0.2) is 31.6 Å². The molecule has 0 spiro atoms. The molecule has 1 unspecified atom stereocenters. The topological polar surface area (TPSA) is 44.8 Å². The van der Waals surface area contributed by atoms with Crippen molar-refractivity contribution in [3.63, 3.8) is 0 Å². The zero-order chi connectivity index (χ0) is 15.0. The van der Waals surface area contributed by atoms with Crippen LogP contribution in [0.2, 0.25) is 0 Å². The first-order valence-electron chi connectivity index (χ1n) is 7.66. The summed E-state index contributed by atoms with van der Waals surface area (Å²) in [6, 6.07) is 0. The Bertz CT molecular complexity index is 306. The third kappa shape index (κ3) is 6.06. The van der Waals surface area contributed by atoms with E-state index in [-0.39, 0.29) is 24.3 Å². The highest BCUT2D eigenvalue weighted by molar-refractivity contribution is 5.81. The van der Waals surface area contributed by atoms with Crippen molar-refractivity contribution in [2.24, 2.45) is 11.8 Å². The number of esters is 1. The second kappa shape index (κ2) is 9.14. The van der Waals surface area contributed by atoms with Gasteiger partial charge in [0.25, 0.3) is 0 Å². The Morgan fingerprint density at radius 1 is 1.35 bits per heavy atom. The second-order valence-corrected chi connectivity index (χ2v) is 5.61. The summed E-state index contributed by atoms with van der Waals surface area (Å²) in [6.07, 6.45) is 6.53. The molecule has 1 saturated heterocycles. The summed E-state index contributed by atoms with van der Waals surface area (Å²) < 4.78 is 16.6. The van der Waals surface area contributed by atoms with E-state index in [9.17, 15) is 4.79 Å². The Labute approximate surface area is 122 Å². The molecule has 0 radical (unpaired) electrons. The third-order valence-corrected chi connectivity index (χ3v) is 3.44.